The zero-order chi connectivity index (χ0) is 25.9. The highest BCUT2D eigenvalue weighted by atomic mass is 14.7. The molecule has 0 unspecified atom stereocenters. The lowest BCUT2D eigenvalue weighted by Crippen LogP contribution is -1.92. The van der Waals surface area contributed by atoms with Crippen LogP contribution in [0.3, 0.4) is 0 Å². The Morgan fingerprint density at radius 3 is 1.42 bits per heavy atom. The van der Waals surface area contributed by atoms with Crippen molar-refractivity contribution in [1.82, 2.24) is 4.98 Å². The van der Waals surface area contributed by atoms with E-state index in [9.17, 15) is 0 Å². The standard InChI is InChI=1S/C36H28N2/c1-25-9-8-14-29(19-25)31-20-30(26-15-17-34(37)18-16-26)21-32(22-31)33-23-35(27-10-4-2-5-11-27)38-36(24-33)28-12-6-3-7-13-28/h2-24H,37H2,1H3. The maximum absolute atomic E-state index is 6.00. The average Bonchev–Trinajstić information content (AvgIpc) is 2.98. The Labute approximate surface area is 224 Å². The SMILES string of the molecule is Cc1cccc(-c2cc(-c3ccc(N)cc3)cc(-c3cc(-c4ccccc4)nc(-c4ccccc4)c3)c2)c1. The lowest BCUT2D eigenvalue weighted by molar-refractivity contribution is 1.32. The molecule has 38 heavy (non-hydrogen) atoms. The molecule has 0 aliphatic heterocycles. The third kappa shape index (κ3) is 4.98. The van der Waals surface area contributed by atoms with Crippen LogP contribution in [0.5, 0.6) is 0 Å². The predicted octanol–water partition coefficient (Wildman–Crippen LogP) is 9.31. The quantitative estimate of drug-likeness (QED) is 0.246. The summed E-state index contributed by atoms with van der Waals surface area (Å²) in [5, 5.41) is 0. The molecule has 2 nitrogen and oxygen atoms in total. The van der Waals surface area contributed by atoms with Gasteiger partial charge in [-0.3, -0.25) is 0 Å². The summed E-state index contributed by atoms with van der Waals surface area (Å²) in [6.07, 6.45) is 0. The highest BCUT2D eigenvalue weighted by Crippen LogP contribution is 2.36. The molecule has 1 aromatic heterocycles. The number of hydrogen-bond donors (Lipinski definition) is 1. The van der Waals surface area contributed by atoms with Gasteiger partial charge >= 0.3 is 0 Å². The maximum Gasteiger partial charge on any atom is 0.0715 e. The second kappa shape index (κ2) is 10.2. The number of rotatable bonds is 5. The molecular weight excluding hydrogens is 460 g/mol. The molecule has 6 aromatic rings. The van der Waals surface area contributed by atoms with Crippen molar-refractivity contribution in [1.29, 1.82) is 0 Å². The van der Waals surface area contributed by atoms with E-state index >= 15 is 0 Å². The van der Waals surface area contributed by atoms with Gasteiger partial charge in [0.05, 0.1) is 11.4 Å². The van der Waals surface area contributed by atoms with Crippen molar-refractivity contribution in [3.8, 4) is 55.9 Å². The lowest BCUT2D eigenvalue weighted by atomic mass is 9.92. The normalized spacial score (nSPS) is 10.9. The van der Waals surface area contributed by atoms with Gasteiger partial charge in [0.25, 0.3) is 0 Å². The Hall–Kier alpha value is -4.95. The molecule has 0 saturated heterocycles. The Morgan fingerprint density at radius 1 is 0.395 bits per heavy atom. The summed E-state index contributed by atoms with van der Waals surface area (Å²) < 4.78 is 0. The third-order valence-corrected chi connectivity index (χ3v) is 6.83. The van der Waals surface area contributed by atoms with Gasteiger partial charge in [0.15, 0.2) is 0 Å². The molecule has 0 amide bonds. The molecule has 1 heterocycles. The monoisotopic (exact) mass is 488 g/mol. The number of benzene rings is 5. The van der Waals surface area contributed by atoms with Gasteiger partial charge in [-0.05, 0) is 82.8 Å². The van der Waals surface area contributed by atoms with E-state index in [1.807, 2.05) is 24.3 Å². The zero-order valence-corrected chi connectivity index (χ0v) is 21.3. The highest BCUT2D eigenvalue weighted by Gasteiger charge is 2.12. The molecule has 2 N–H and O–H groups in total. The van der Waals surface area contributed by atoms with E-state index in [1.54, 1.807) is 0 Å². The fourth-order valence-electron chi connectivity index (χ4n) is 4.84. The van der Waals surface area contributed by atoms with Crippen LogP contribution in [0.4, 0.5) is 5.69 Å². The van der Waals surface area contributed by atoms with Crippen molar-refractivity contribution in [2.24, 2.45) is 0 Å². The van der Waals surface area contributed by atoms with E-state index in [0.29, 0.717) is 0 Å². The van der Waals surface area contributed by atoms with Gasteiger partial charge in [-0.2, -0.15) is 0 Å². The molecule has 0 aliphatic carbocycles. The second-order valence-corrected chi connectivity index (χ2v) is 9.65. The smallest absolute Gasteiger partial charge is 0.0715 e. The van der Waals surface area contributed by atoms with Gasteiger partial charge in [-0.25, -0.2) is 4.98 Å². The van der Waals surface area contributed by atoms with E-state index in [1.165, 1.54) is 16.7 Å². The first-order valence-electron chi connectivity index (χ1n) is 12.8. The molecule has 0 spiro atoms. The number of nitrogens with two attached hydrogens (primary N) is 1. The molecule has 0 bridgehead atoms. The van der Waals surface area contributed by atoms with Gasteiger partial charge in [-0.1, -0.05) is 103 Å². The minimum Gasteiger partial charge on any atom is -0.399 e. The predicted molar refractivity (Wildman–Crippen MR) is 161 cm³/mol. The second-order valence-electron chi connectivity index (χ2n) is 9.65. The number of nitrogen functional groups attached to an aromatic ring is 1. The van der Waals surface area contributed by atoms with Crippen molar-refractivity contribution in [3.63, 3.8) is 0 Å². The van der Waals surface area contributed by atoms with E-state index in [2.05, 4.69) is 122 Å². The number of pyridine rings is 1. The Balaban J connectivity index is 1.58. The molecule has 182 valence electrons. The van der Waals surface area contributed by atoms with Crippen LogP contribution in [0.25, 0.3) is 55.9 Å². The van der Waals surface area contributed by atoms with Gasteiger partial charge in [0, 0.05) is 16.8 Å². The fourth-order valence-corrected chi connectivity index (χ4v) is 4.84. The lowest BCUT2D eigenvalue weighted by Gasteiger charge is -2.14. The van der Waals surface area contributed by atoms with Crippen LogP contribution in [0.15, 0.2) is 140 Å². The molecule has 6 rings (SSSR count). The summed E-state index contributed by atoms with van der Waals surface area (Å²) in [6, 6.07) is 48.8. The first-order chi connectivity index (χ1) is 18.6. The first-order valence-corrected chi connectivity index (χ1v) is 12.8. The highest BCUT2D eigenvalue weighted by molar-refractivity contribution is 5.84. The molecule has 0 atom stereocenters. The minimum absolute atomic E-state index is 0.762. The number of nitrogens with zero attached hydrogens (tertiary/aromatic N) is 1. The molecule has 5 aromatic carbocycles. The molecule has 0 radical (unpaired) electrons. The van der Waals surface area contributed by atoms with E-state index in [0.717, 1.165) is 50.5 Å². The van der Waals surface area contributed by atoms with E-state index in [-0.39, 0.29) is 0 Å². The molecule has 0 aliphatic rings. The van der Waals surface area contributed by atoms with Gasteiger partial charge in [0.1, 0.15) is 0 Å². The Kier molecular flexibility index (Phi) is 6.29. The Morgan fingerprint density at radius 2 is 0.868 bits per heavy atom. The largest absolute Gasteiger partial charge is 0.399 e. The van der Waals surface area contributed by atoms with Crippen LogP contribution >= 0.6 is 0 Å². The van der Waals surface area contributed by atoms with Gasteiger partial charge < -0.3 is 5.73 Å². The summed E-state index contributed by atoms with van der Waals surface area (Å²) in [5.41, 5.74) is 19.0. The van der Waals surface area contributed by atoms with Crippen molar-refractivity contribution in [2.45, 2.75) is 6.92 Å². The zero-order valence-electron chi connectivity index (χ0n) is 21.3. The van der Waals surface area contributed by atoms with Crippen LogP contribution in [0.1, 0.15) is 5.56 Å². The van der Waals surface area contributed by atoms with Crippen molar-refractivity contribution < 1.29 is 0 Å². The van der Waals surface area contributed by atoms with Crippen LogP contribution in [0.2, 0.25) is 0 Å². The summed E-state index contributed by atoms with van der Waals surface area (Å²) in [5.74, 6) is 0. The topological polar surface area (TPSA) is 38.9 Å². The molecule has 0 saturated carbocycles. The summed E-state index contributed by atoms with van der Waals surface area (Å²) >= 11 is 0. The van der Waals surface area contributed by atoms with Crippen molar-refractivity contribution >= 4 is 5.69 Å². The van der Waals surface area contributed by atoms with Crippen LogP contribution in [0, 0.1) is 6.92 Å². The van der Waals surface area contributed by atoms with Gasteiger partial charge in [-0.15, -0.1) is 0 Å². The summed E-state index contributed by atoms with van der Waals surface area (Å²) in [7, 11) is 0. The van der Waals surface area contributed by atoms with E-state index in [4.69, 9.17) is 10.7 Å². The maximum atomic E-state index is 6.00. The van der Waals surface area contributed by atoms with Crippen LogP contribution < -0.4 is 5.73 Å². The number of anilines is 1. The Bertz CT molecular complexity index is 1650. The first kappa shape index (κ1) is 23.4. The number of hydrogen-bond acceptors (Lipinski definition) is 2. The van der Waals surface area contributed by atoms with Crippen LogP contribution in [-0.4, -0.2) is 4.98 Å². The molecular formula is C36H28N2. The minimum atomic E-state index is 0.762. The summed E-state index contributed by atoms with van der Waals surface area (Å²) in [4.78, 5) is 5.07. The summed E-state index contributed by atoms with van der Waals surface area (Å²) in [6.45, 7) is 2.13. The number of aromatic nitrogens is 1. The van der Waals surface area contributed by atoms with Crippen molar-refractivity contribution in [3.05, 3.63) is 145 Å². The number of aryl methyl sites for hydroxylation is 1. The molecule has 0 fully saturated rings. The van der Waals surface area contributed by atoms with E-state index < -0.39 is 0 Å². The average molecular weight is 489 g/mol. The third-order valence-electron chi connectivity index (χ3n) is 6.83. The van der Waals surface area contributed by atoms with Gasteiger partial charge in [0.2, 0.25) is 0 Å². The molecule has 2 heteroatoms. The van der Waals surface area contributed by atoms with Crippen LogP contribution in [-0.2, 0) is 0 Å². The van der Waals surface area contributed by atoms with Crippen molar-refractivity contribution in [2.75, 3.05) is 5.73 Å². The fraction of sp³-hybridized carbons (Fsp3) is 0.0278.